The molecule has 0 aromatic rings. The first-order valence-corrected chi connectivity index (χ1v) is 4.69. The predicted molar refractivity (Wildman–Crippen MR) is 47.8 cm³/mol. The fraction of sp³-hybridized carbons (Fsp3) is 0.778. The van der Waals surface area contributed by atoms with Crippen LogP contribution >= 0.6 is 0 Å². The minimum Gasteiger partial charge on any atom is -0.434 e. The highest BCUT2D eigenvalue weighted by atomic mass is 19.3. The van der Waals surface area contributed by atoms with Gasteiger partial charge in [-0.3, -0.25) is 4.79 Å². The van der Waals surface area contributed by atoms with E-state index in [2.05, 4.69) is 9.47 Å². The Morgan fingerprint density at radius 1 is 1.12 bits per heavy atom. The molecular weight excluding hydrogens is 248 g/mol. The van der Waals surface area contributed by atoms with Gasteiger partial charge >= 0.3 is 17.8 Å². The van der Waals surface area contributed by atoms with Crippen molar-refractivity contribution in [2.24, 2.45) is 0 Å². The summed E-state index contributed by atoms with van der Waals surface area (Å²) >= 11 is 0. The molecule has 0 unspecified atom stereocenters. The molecule has 0 atom stereocenters. The van der Waals surface area contributed by atoms with Gasteiger partial charge in [0.1, 0.15) is 0 Å². The number of carbonyl (C=O) groups is 2. The maximum atomic E-state index is 12.9. The van der Waals surface area contributed by atoms with Gasteiger partial charge in [0.15, 0.2) is 6.79 Å². The second kappa shape index (κ2) is 5.95. The molecule has 0 aromatic heterocycles. The van der Waals surface area contributed by atoms with Gasteiger partial charge in [-0.25, -0.2) is 4.79 Å². The lowest BCUT2D eigenvalue weighted by molar-refractivity contribution is -0.230. The summed E-state index contributed by atoms with van der Waals surface area (Å²) in [6.45, 7) is 1.23. The molecule has 17 heavy (non-hydrogen) atoms. The van der Waals surface area contributed by atoms with E-state index in [1.165, 1.54) is 0 Å². The van der Waals surface area contributed by atoms with Crippen molar-refractivity contribution in [1.29, 1.82) is 0 Å². The van der Waals surface area contributed by atoms with Gasteiger partial charge in [0, 0.05) is 6.92 Å². The fourth-order valence-electron chi connectivity index (χ4n) is 0.738. The van der Waals surface area contributed by atoms with Gasteiger partial charge in [-0.2, -0.15) is 17.6 Å². The molecule has 8 heteroatoms. The van der Waals surface area contributed by atoms with Crippen molar-refractivity contribution in [2.45, 2.75) is 32.1 Å². The van der Waals surface area contributed by atoms with Crippen molar-refractivity contribution in [1.82, 2.24) is 0 Å². The Balaban J connectivity index is 4.50. The molecule has 0 N–H and O–H groups in total. The first kappa shape index (κ1) is 15.8. The van der Waals surface area contributed by atoms with Crippen molar-refractivity contribution in [2.75, 3.05) is 13.4 Å². The number of Topliss-reactive ketones (excluding diaryl/α,β-unsaturated/α-hetero) is 1. The van der Waals surface area contributed by atoms with Crippen LogP contribution in [0.4, 0.5) is 17.6 Å². The highest BCUT2D eigenvalue weighted by Crippen LogP contribution is 2.35. The molecule has 0 rings (SSSR count). The minimum absolute atomic E-state index is 0.127. The van der Waals surface area contributed by atoms with Crippen LogP contribution in [0.3, 0.4) is 0 Å². The SMILES string of the molecule is CCCOCOC(=O)C(F)(F)C(F)(F)C(C)=O. The number of hydrogen-bond donors (Lipinski definition) is 0. The normalized spacial score (nSPS) is 12.4. The first-order chi connectivity index (χ1) is 7.67. The minimum atomic E-state index is -5.20. The standard InChI is InChI=1S/C9H12F4O4/c1-3-4-16-5-17-7(15)9(12,13)8(10,11)6(2)14/h3-5H2,1-2H3. The molecule has 0 spiro atoms. The zero-order valence-electron chi connectivity index (χ0n) is 9.27. The average molecular weight is 260 g/mol. The van der Waals surface area contributed by atoms with Crippen molar-refractivity contribution in [3.8, 4) is 0 Å². The molecule has 0 bridgehead atoms. The van der Waals surface area contributed by atoms with E-state index >= 15 is 0 Å². The van der Waals surface area contributed by atoms with Crippen molar-refractivity contribution >= 4 is 11.8 Å². The second-order valence-electron chi connectivity index (χ2n) is 3.16. The molecule has 0 fully saturated rings. The molecule has 0 aromatic carbocycles. The number of ether oxygens (including phenoxy) is 2. The van der Waals surface area contributed by atoms with Crippen LogP contribution in [0, 0.1) is 0 Å². The average Bonchev–Trinajstić information content (AvgIpc) is 2.23. The lowest BCUT2D eigenvalue weighted by Crippen LogP contribution is -2.52. The molecule has 0 amide bonds. The van der Waals surface area contributed by atoms with Crippen LogP contribution in [0.15, 0.2) is 0 Å². The monoisotopic (exact) mass is 260 g/mol. The maximum absolute atomic E-state index is 12.9. The van der Waals surface area contributed by atoms with Gasteiger partial charge in [-0.1, -0.05) is 6.92 Å². The number of ketones is 1. The predicted octanol–water partition coefficient (Wildman–Crippen LogP) is 1.77. The zero-order valence-corrected chi connectivity index (χ0v) is 9.27. The van der Waals surface area contributed by atoms with Crippen LogP contribution in [0.5, 0.6) is 0 Å². The van der Waals surface area contributed by atoms with E-state index < -0.39 is 30.4 Å². The topological polar surface area (TPSA) is 52.6 Å². The van der Waals surface area contributed by atoms with Gasteiger partial charge in [0.25, 0.3) is 0 Å². The Morgan fingerprint density at radius 3 is 2.06 bits per heavy atom. The Kier molecular flexibility index (Phi) is 5.53. The largest absolute Gasteiger partial charge is 0.434 e. The molecule has 0 heterocycles. The van der Waals surface area contributed by atoms with Crippen molar-refractivity contribution in [3.63, 3.8) is 0 Å². The zero-order chi connectivity index (χ0) is 13.7. The molecule has 0 aliphatic heterocycles. The van der Waals surface area contributed by atoms with Crippen LogP contribution in [-0.4, -0.2) is 37.0 Å². The third-order valence-corrected chi connectivity index (χ3v) is 1.71. The molecule has 100 valence electrons. The van der Waals surface area contributed by atoms with E-state index in [1.54, 1.807) is 6.92 Å². The molecule has 0 aliphatic rings. The quantitative estimate of drug-likeness (QED) is 0.303. The van der Waals surface area contributed by atoms with Crippen LogP contribution in [0.25, 0.3) is 0 Å². The van der Waals surface area contributed by atoms with Crippen LogP contribution in [-0.2, 0) is 19.1 Å². The van der Waals surface area contributed by atoms with Gasteiger partial charge in [0.05, 0.1) is 6.61 Å². The summed E-state index contributed by atoms with van der Waals surface area (Å²) in [6.07, 6.45) is 0.539. The molecule has 0 aliphatic carbocycles. The highest BCUT2D eigenvalue weighted by molar-refractivity contribution is 5.92. The molecule has 4 nitrogen and oxygen atoms in total. The number of carbonyl (C=O) groups excluding carboxylic acids is 2. The summed E-state index contributed by atoms with van der Waals surface area (Å²) in [5.41, 5.74) is 0. The Bertz CT molecular complexity index is 291. The summed E-state index contributed by atoms with van der Waals surface area (Å²) < 4.78 is 59.4. The van der Waals surface area contributed by atoms with E-state index in [-0.39, 0.29) is 13.5 Å². The van der Waals surface area contributed by atoms with Crippen LogP contribution < -0.4 is 0 Å². The van der Waals surface area contributed by atoms with Gasteiger partial charge in [-0.15, -0.1) is 0 Å². The van der Waals surface area contributed by atoms with E-state index in [0.717, 1.165) is 0 Å². The molecule has 0 saturated carbocycles. The van der Waals surface area contributed by atoms with E-state index in [9.17, 15) is 27.2 Å². The number of halogens is 4. The fourth-order valence-corrected chi connectivity index (χ4v) is 0.738. The van der Waals surface area contributed by atoms with Gasteiger partial charge in [0.2, 0.25) is 5.78 Å². The lowest BCUT2D eigenvalue weighted by atomic mass is 10.1. The summed E-state index contributed by atoms with van der Waals surface area (Å²) in [5, 5.41) is 0. The highest BCUT2D eigenvalue weighted by Gasteiger charge is 2.66. The van der Waals surface area contributed by atoms with Gasteiger partial charge in [-0.05, 0) is 6.42 Å². The summed E-state index contributed by atoms with van der Waals surface area (Å²) in [5.74, 6) is -14.9. The summed E-state index contributed by atoms with van der Waals surface area (Å²) in [7, 11) is 0. The summed E-state index contributed by atoms with van der Waals surface area (Å²) in [4.78, 5) is 21.0. The van der Waals surface area contributed by atoms with Crippen LogP contribution in [0.1, 0.15) is 20.3 Å². The van der Waals surface area contributed by atoms with Crippen molar-refractivity contribution < 1.29 is 36.6 Å². The van der Waals surface area contributed by atoms with Gasteiger partial charge < -0.3 is 9.47 Å². The smallest absolute Gasteiger partial charge is 0.411 e. The van der Waals surface area contributed by atoms with Crippen molar-refractivity contribution in [3.05, 3.63) is 0 Å². The lowest BCUT2D eigenvalue weighted by Gasteiger charge is -2.22. The van der Waals surface area contributed by atoms with E-state index in [0.29, 0.717) is 6.42 Å². The first-order valence-electron chi connectivity index (χ1n) is 4.69. The number of rotatable bonds is 7. The second-order valence-corrected chi connectivity index (χ2v) is 3.16. The third-order valence-electron chi connectivity index (χ3n) is 1.71. The number of alkyl halides is 4. The van der Waals surface area contributed by atoms with E-state index in [4.69, 9.17) is 0 Å². The van der Waals surface area contributed by atoms with Crippen LogP contribution in [0.2, 0.25) is 0 Å². The molecule has 0 radical (unpaired) electrons. The number of esters is 1. The maximum Gasteiger partial charge on any atom is 0.411 e. The summed E-state index contributed by atoms with van der Waals surface area (Å²) in [6, 6.07) is 0. The Morgan fingerprint density at radius 2 is 1.65 bits per heavy atom. The molecular formula is C9H12F4O4. The Hall–Kier alpha value is -1.18. The van der Waals surface area contributed by atoms with E-state index in [1.807, 2.05) is 0 Å². The Labute approximate surface area is 94.9 Å². The third kappa shape index (κ3) is 3.65. The molecule has 0 saturated heterocycles. The number of hydrogen-bond acceptors (Lipinski definition) is 4.